The first-order chi connectivity index (χ1) is 28.2. The van der Waals surface area contributed by atoms with Crippen LogP contribution in [0.3, 0.4) is 0 Å². The zero-order valence-corrected chi connectivity index (χ0v) is 31.9. The van der Waals surface area contributed by atoms with E-state index in [1.165, 1.54) is 45.9 Å². The van der Waals surface area contributed by atoms with E-state index in [1.807, 2.05) is 83.3 Å². The molecule has 0 N–H and O–H groups in total. The number of benzene rings is 8. The molecule has 4 nitrogen and oxygen atoms in total. The number of hydrogen-bond acceptors (Lipinski definition) is 6. The second-order valence-corrected chi connectivity index (χ2v) is 16.4. The molecule has 57 heavy (non-hydrogen) atoms. The zero-order valence-electron chi connectivity index (χ0n) is 30.3. The van der Waals surface area contributed by atoms with Gasteiger partial charge < -0.3 is 4.42 Å². The number of nitrogens with zero attached hydrogens (tertiary/aromatic N) is 3. The largest absolute Gasteiger partial charge is 0.455 e. The lowest BCUT2D eigenvalue weighted by atomic mass is 9.94. The van der Waals surface area contributed by atoms with Crippen molar-refractivity contribution in [2.75, 3.05) is 0 Å². The number of hydrogen-bond donors (Lipinski definition) is 0. The molecule has 0 saturated carbocycles. The summed E-state index contributed by atoms with van der Waals surface area (Å²) in [6.07, 6.45) is 0. The van der Waals surface area contributed by atoms with Gasteiger partial charge in [0.25, 0.3) is 0 Å². The number of furan rings is 1. The van der Waals surface area contributed by atoms with E-state index in [4.69, 9.17) is 19.4 Å². The average molecular weight is 764 g/mol. The first-order valence-corrected chi connectivity index (χ1v) is 20.6. The maximum Gasteiger partial charge on any atom is 0.167 e. The molecule has 0 bridgehead atoms. The van der Waals surface area contributed by atoms with Crippen molar-refractivity contribution < 1.29 is 4.42 Å². The van der Waals surface area contributed by atoms with Crippen molar-refractivity contribution in [3.8, 4) is 56.4 Å². The van der Waals surface area contributed by atoms with Crippen molar-refractivity contribution >= 4 is 85.0 Å². The fourth-order valence-corrected chi connectivity index (χ4v) is 10.8. The third-order valence-electron chi connectivity index (χ3n) is 10.9. The van der Waals surface area contributed by atoms with Crippen LogP contribution in [0.2, 0.25) is 0 Å². The molecule has 4 heterocycles. The first kappa shape index (κ1) is 32.3. The van der Waals surface area contributed by atoms with E-state index >= 15 is 0 Å². The van der Waals surface area contributed by atoms with Gasteiger partial charge in [-0.15, -0.1) is 22.7 Å². The number of thiophene rings is 2. The Labute approximate surface area is 335 Å². The summed E-state index contributed by atoms with van der Waals surface area (Å²) in [6, 6.07) is 61.9. The van der Waals surface area contributed by atoms with Gasteiger partial charge in [0.05, 0.1) is 5.56 Å². The van der Waals surface area contributed by atoms with Crippen molar-refractivity contribution in [1.29, 1.82) is 0 Å². The standard InChI is InChI=1S/C51H29N3OS2/c1-3-14-30(15-4-1)49-52-50(31-16-5-2-6-17-31)54-51(53-49)40-25-12-21-36-41-28-32(33-20-11-22-37-34-18-7-9-26-43(34)56-47(33)37)29-42(46(41)55-45(36)40)39-24-13-23-38-35-19-8-10-27-44(35)57-48(38)39/h1-29H. The molecule has 0 aliphatic heterocycles. The minimum absolute atomic E-state index is 0.566. The lowest BCUT2D eigenvalue weighted by Crippen LogP contribution is -2.00. The van der Waals surface area contributed by atoms with Crippen LogP contribution < -0.4 is 0 Å². The van der Waals surface area contributed by atoms with Crippen molar-refractivity contribution in [2.24, 2.45) is 0 Å². The Hall–Kier alpha value is -6.99. The molecule has 12 rings (SSSR count). The summed E-state index contributed by atoms with van der Waals surface area (Å²) in [7, 11) is 0. The SMILES string of the molecule is c1ccc(-c2nc(-c3ccccc3)nc(-c3cccc4c3oc3c(-c5cccc6c5sc5ccccc56)cc(-c5cccc6c5sc5ccccc56)cc34)n2)cc1. The van der Waals surface area contributed by atoms with Gasteiger partial charge in [0.15, 0.2) is 17.5 Å². The zero-order chi connectivity index (χ0) is 37.5. The molecule has 8 aromatic carbocycles. The summed E-state index contributed by atoms with van der Waals surface area (Å²) in [5.74, 6) is 1.79. The number of aromatic nitrogens is 3. The highest BCUT2D eigenvalue weighted by molar-refractivity contribution is 7.26. The molecule has 0 unspecified atom stereocenters. The van der Waals surface area contributed by atoms with Crippen LogP contribution in [0.4, 0.5) is 0 Å². The normalized spacial score (nSPS) is 11.9. The molecule has 6 heteroatoms. The van der Waals surface area contributed by atoms with Gasteiger partial charge in [-0.2, -0.15) is 0 Å². The highest BCUT2D eigenvalue weighted by atomic mass is 32.1. The van der Waals surface area contributed by atoms with E-state index in [-0.39, 0.29) is 0 Å². The van der Waals surface area contributed by atoms with Crippen molar-refractivity contribution in [3.63, 3.8) is 0 Å². The number of para-hydroxylation sites is 1. The molecule has 0 radical (unpaired) electrons. The van der Waals surface area contributed by atoms with Crippen LogP contribution in [0.25, 0.3) is 119 Å². The highest BCUT2D eigenvalue weighted by Crippen LogP contribution is 2.48. The average Bonchev–Trinajstić information content (AvgIpc) is 3.98. The quantitative estimate of drug-likeness (QED) is 0.175. The second kappa shape index (κ2) is 12.8. The van der Waals surface area contributed by atoms with Crippen LogP contribution in [0.15, 0.2) is 180 Å². The van der Waals surface area contributed by atoms with Gasteiger partial charge in [-0.3, -0.25) is 0 Å². The molecule has 0 atom stereocenters. The van der Waals surface area contributed by atoms with Crippen molar-refractivity contribution in [2.45, 2.75) is 0 Å². The van der Waals surface area contributed by atoms with E-state index in [0.717, 1.165) is 55.3 Å². The predicted molar refractivity (Wildman–Crippen MR) is 240 cm³/mol. The van der Waals surface area contributed by atoms with Crippen molar-refractivity contribution in [1.82, 2.24) is 15.0 Å². The lowest BCUT2D eigenvalue weighted by Gasteiger charge is -2.10. The lowest BCUT2D eigenvalue weighted by molar-refractivity contribution is 0.670. The van der Waals surface area contributed by atoms with E-state index in [9.17, 15) is 0 Å². The maximum atomic E-state index is 7.17. The number of rotatable bonds is 5. The van der Waals surface area contributed by atoms with Crippen LogP contribution in [-0.4, -0.2) is 15.0 Å². The predicted octanol–water partition coefficient (Wildman–Crippen LogP) is 14.8. The summed E-state index contributed by atoms with van der Waals surface area (Å²) >= 11 is 3.69. The van der Waals surface area contributed by atoms with Crippen molar-refractivity contribution in [3.05, 3.63) is 176 Å². The summed E-state index contributed by atoms with van der Waals surface area (Å²) in [5, 5.41) is 7.15. The fraction of sp³-hybridized carbons (Fsp3) is 0. The smallest absolute Gasteiger partial charge is 0.167 e. The van der Waals surface area contributed by atoms with Gasteiger partial charge in [-0.1, -0.05) is 146 Å². The minimum Gasteiger partial charge on any atom is -0.455 e. The fourth-order valence-electron chi connectivity index (χ4n) is 8.29. The maximum absolute atomic E-state index is 7.17. The van der Waals surface area contributed by atoms with Crippen LogP contribution >= 0.6 is 22.7 Å². The van der Waals surface area contributed by atoms with Crippen LogP contribution in [-0.2, 0) is 0 Å². The minimum atomic E-state index is 0.566. The monoisotopic (exact) mass is 763 g/mol. The molecule has 0 aliphatic rings. The van der Waals surface area contributed by atoms with Gasteiger partial charge >= 0.3 is 0 Å². The van der Waals surface area contributed by atoms with Gasteiger partial charge in [-0.25, -0.2) is 15.0 Å². The Kier molecular flexibility index (Phi) is 7.24. The van der Waals surface area contributed by atoms with Gasteiger partial charge in [0.1, 0.15) is 11.2 Å². The van der Waals surface area contributed by atoms with E-state index in [2.05, 4.69) is 115 Å². The van der Waals surface area contributed by atoms with Gasteiger partial charge in [0.2, 0.25) is 0 Å². The third-order valence-corrected chi connectivity index (χ3v) is 13.4. The first-order valence-electron chi connectivity index (χ1n) is 18.9. The Bertz CT molecular complexity index is 3470. The van der Waals surface area contributed by atoms with E-state index in [1.54, 1.807) is 0 Å². The Morgan fingerprint density at radius 1 is 0.316 bits per heavy atom. The molecule has 0 saturated heterocycles. The number of fused-ring (bicyclic) bond motifs is 9. The molecule has 266 valence electrons. The third kappa shape index (κ3) is 5.15. The Morgan fingerprint density at radius 2 is 0.789 bits per heavy atom. The highest BCUT2D eigenvalue weighted by Gasteiger charge is 2.23. The van der Waals surface area contributed by atoms with Gasteiger partial charge in [-0.05, 0) is 41.5 Å². The van der Waals surface area contributed by atoms with Gasteiger partial charge in [0, 0.05) is 73.4 Å². The molecular formula is C51H29N3OS2. The summed E-state index contributed by atoms with van der Waals surface area (Å²) < 4.78 is 12.3. The summed E-state index contributed by atoms with van der Waals surface area (Å²) in [6.45, 7) is 0. The molecule has 0 aliphatic carbocycles. The molecule has 0 amide bonds. The van der Waals surface area contributed by atoms with Crippen LogP contribution in [0.1, 0.15) is 0 Å². The van der Waals surface area contributed by atoms with Crippen LogP contribution in [0, 0.1) is 0 Å². The Balaban J connectivity index is 1.16. The molecule has 12 aromatic rings. The Morgan fingerprint density at radius 3 is 1.42 bits per heavy atom. The van der Waals surface area contributed by atoms with Crippen LogP contribution in [0.5, 0.6) is 0 Å². The molecule has 4 aromatic heterocycles. The van der Waals surface area contributed by atoms with E-state index < -0.39 is 0 Å². The second-order valence-electron chi connectivity index (χ2n) is 14.3. The summed E-state index contributed by atoms with van der Waals surface area (Å²) in [4.78, 5) is 15.2. The van der Waals surface area contributed by atoms with E-state index in [0.29, 0.717) is 17.5 Å². The topological polar surface area (TPSA) is 51.8 Å². The summed E-state index contributed by atoms with van der Waals surface area (Å²) in [5.41, 5.74) is 8.84. The molecule has 0 spiro atoms. The molecule has 0 fully saturated rings. The molecular weight excluding hydrogens is 735 g/mol.